The number of sulfonamides is 1. The van der Waals surface area contributed by atoms with E-state index in [4.69, 9.17) is 0 Å². The molecule has 25 heavy (non-hydrogen) atoms. The van der Waals surface area contributed by atoms with Crippen molar-refractivity contribution in [2.45, 2.75) is 50.3 Å². The fourth-order valence-electron chi connectivity index (χ4n) is 2.97. The predicted octanol–water partition coefficient (Wildman–Crippen LogP) is 3.06. The molecule has 1 aliphatic rings. The lowest BCUT2D eigenvalue weighted by molar-refractivity contribution is -0.116. The number of nitrogens with one attached hydrogen (secondary N) is 1. The second kappa shape index (κ2) is 8.67. The first-order valence-corrected chi connectivity index (χ1v) is 10.4. The van der Waals surface area contributed by atoms with E-state index in [0.717, 1.165) is 37.8 Å². The number of carbonyl (C=O) groups is 1. The van der Waals surface area contributed by atoms with Crippen LogP contribution >= 0.6 is 0 Å². The number of carbonyl (C=O) groups excluding carboxylic acids is 1. The number of rotatable bonds is 7. The van der Waals surface area contributed by atoms with E-state index in [1.165, 1.54) is 0 Å². The number of unbranched alkanes of at least 4 members (excludes halogenated alkanes) is 1. The highest BCUT2D eigenvalue weighted by atomic mass is 32.2. The van der Waals surface area contributed by atoms with Crippen LogP contribution in [0, 0.1) is 0 Å². The SMILES string of the molecule is CCCCC(=O)Nc1cc(S(=O)(=O)N2CCCCC2)ccc1N(C)C. The Balaban J connectivity index is 2.31. The topological polar surface area (TPSA) is 69.7 Å². The summed E-state index contributed by atoms with van der Waals surface area (Å²) in [6, 6.07) is 4.97. The average Bonchev–Trinajstić information content (AvgIpc) is 2.60. The zero-order valence-corrected chi connectivity index (χ0v) is 16.2. The summed E-state index contributed by atoms with van der Waals surface area (Å²) in [7, 11) is 0.226. The van der Waals surface area contributed by atoms with E-state index in [-0.39, 0.29) is 10.8 Å². The number of hydrogen-bond acceptors (Lipinski definition) is 4. The van der Waals surface area contributed by atoms with Crippen molar-refractivity contribution in [3.63, 3.8) is 0 Å². The molecule has 1 N–H and O–H groups in total. The Bertz CT molecular complexity index is 696. The first kappa shape index (κ1) is 19.7. The number of piperidine rings is 1. The van der Waals surface area contributed by atoms with Crippen molar-refractivity contribution in [3.8, 4) is 0 Å². The largest absolute Gasteiger partial charge is 0.376 e. The Morgan fingerprint density at radius 2 is 1.88 bits per heavy atom. The molecule has 1 saturated heterocycles. The molecule has 1 heterocycles. The first-order valence-electron chi connectivity index (χ1n) is 8.97. The molecule has 2 rings (SSSR count). The molecular weight excluding hydrogens is 338 g/mol. The standard InChI is InChI=1S/C18H29N3O3S/c1-4-5-9-18(22)19-16-14-15(10-11-17(16)20(2)3)25(23,24)21-12-7-6-8-13-21/h10-11,14H,4-9,12-13H2,1-3H3,(H,19,22). The van der Waals surface area contributed by atoms with E-state index in [0.29, 0.717) is 25.2 Å². The van der Waals surface area contributed by atoms with Gasteiger partial charge in [-0.05, 0) is 37.5 Å². The number of amides is 1. The first-order chi connectivity index (χ1) is 11.9. The summed E-state index contributed by atoms with van der Waals surface area (Å²) in [6.45, 7) is 3.16. The van der Waals surface area contributed by atoms with Gasteiger partial charge in [-0.2, -0.15) is 4.31 Å². The molecular formula is C18H29N3O3S. The summed E-state index contributed by atoms with van der Waals surface area (Å²) in [5.74, 6) is -0.0857. The molecule has 7 heteroatoms. The van der Waals surface area contributed by atoms with Crippen molar-refractivity contribution in [2.24, 2.45) is 0 Å². The molecule has 0 radical (unpaired) electrons. The van der Waals surface area contributed by atoms with Crippen LogP contribution in [0.1, 0.15) is 45.4 Å². The van der Waals surface area contributed by atoms with Gasteiger partial charge in [0.2, 0.25) is 15.9 Å². The molecule has 140 valence electrons. The zero-order valence-electron chi connectivity index (χ0n) is 15.4. The van der Waals surface area contributed by atoms with E-state index in [9.17, 15) is 13.2 Å². The predicted molar refractivity (Wildman–Crippen MR) is 102 cm³/mol. The molecule has 1 aliphatic heterocycles. The van der Waals surface area contributed by atoms with Crippen LogP contribution in [-0.2, 0) is 14.8 Å². The highest BCUT2D eigenvalue weighted by Gasteiger charge is 2.27. The van der Waals surface area contributed by atoms with Crippen molar-refractivity contribution in [3.05, 3.63) is 18.2 Å². The minimum Gasteiger partial charge on any atom is -0.376 e. The monoisotopic (exact) mass is 367 g/mol. The highest BCUT2D eigenvalue weighted by Crippen LogP contribution is 2.30. The van der Waals surface area contributed by atoms with Crippen molar-refractivity contribution < 1.29 is 13.2 Å². The minimum absolute atomic E-state index is 0.0857. The molecule has 1 aromatic rings. The van der Waals surface area contributed by atoms with Gasteiger partial charge in [0.1, 0.15) is 0 Å². The minimum atomic E-state index is -3.52. The van der Waals surface area contributed by atoms with Crippen molar-refractivity contribution >= 4 is 27.3 Å². The van der Waals surface area contributed by atoms with Gasteiger partial charge in [-0.1, -0.05) is 19.8 Å². The number of anilines is 2. The van der Waals surface area contributed by atoms with Crippen LogP contribution in [0.4, 0.5) is 11.4 Å². The molecule has 0 bridgehead atoms. The van der Waals surface area contributed by atoms with Gasteiger partial charge in [0.25, 0.3) is 0 Å². The van der Waals surface area contributed by atoms with Crippen LogP contribution < -0.4 is 10.2 Å². The molecule has 1 aromatic carbocycles. The summed E-state index contributed by atoms with van der Waals surface area (Å²) in [5.41, 5.74) is 1.34. The fourth-order valence-corrected chi connectivity index (χ4v) is 4.51. The molecule has 0 unspecified atom stereocenters. The smallest absolute Gasteiger partial charge is 0.243 e. The number of hydrogen-bond donors (Lipinski definition) is 1. The van der Waals surface area contributed by atoms with Crippen molar-refractivity contribution in [1.82, 2.24) is 4.31 Å². The molecule has 6 nitrogen and oxygen atoms in total. The Morgan fingerprint density at radius 1 is 1.20 bits per heavy atom. The van der Waals surface area contributed by atoms with Gasteiger partial charge < -0.3 is 10.2 Å². The normalized spacial score (nSPS) is 15.8. The van der Waals surface area contributed by atoms with Crippen molar-refractivity contribution in [1.29, 1.82) is 0 Å². The van der Waals surface area contributed by atoms with E-state index in [1.807, 2.05) is 25.9 Å². The molecule has 0 aliphatic carbocycles. The summed E-state index contributed by atoms with van der Waals surface area (Å²) >= 11 is 0. The van der Waals surface area contributed by atoms with Gasteiger partial charge in [-0.15, -0.1) is 0 Å². The van der Waals surface area contributed by atoms with Gasteiger partial charge in [0.15, 0.2) is 0 Å². The van der Waals surface area contributed by atoms with E-state index >= 15 is 0 Å². The van der Waals surface area contributed by atoms with E-state index < -0.39 is 10.0 Å². The summed E-state index contributed by atoms with van der Waals surface area (Å²) in [5, 5.41) is 2.88. The second-order valence-corrected chi connectivity index (χ2v) is 8.63. The second-order valence-electron chi connectivity index (χ2n) is 6.69. The highest BCUT2D eigenvalue weighted by molar-refractivity contribution is 7.89. The third-order valence-corrected chi connectivity index (χ3v) is 6.33. The summed E-state index contributed by atoms with van der Waals surface area (Å²) in [4.78, 5) is 14.2. The Kier molecular flexibility index (Phi) is 6.84. The maximum absolute atomic E-state index is 12.9. The average molecular weight is 368 g/mol. The lowest BCUT2D eigenvalue weighted by Crippen LogP contribution is -2.35. The number of benzene rings is 1. The fraction of sp³-hybridized carbons (Fsp3) is 0.611. The van der Waals surface area contributed by atoms with E-state index in [1.54, 1.807) is 22.5 Å². The molecule has 0 aromatic heterocycles. The lowest BCUT2D eigenvalue weighted by atomic mass is 10.2. The lowest BCUT2D eigenvalue weighted by Gasteiger charge is -2.26. The molecule has 0 spiro atoms. The van der Waals surface area contributed by atoms with E-state index in [2.05, 4.69) is 5.32 Å². The maximum atomic E-state index is 12.9. The van der Waals surface area contributed by atoms with Crippen LogP contribution in [0.25, 0.3) is 0 Å². The van der Waals surface area contributed by atoms with Gasteiger partial charge >= 0.3 is 0 Å². The Labute approximate surface area is 151 Å². The van der Waals surface area contributed by atoms with Gasteiger partial charge in [0, 0.05) is 33.6 Å². The van der Waals surface area contributed by atoms with Gasteiger partial charge in [-0.25, -0.2) is 8.42 Å². The quantitative estimate of drug-likeness (QED) is 0.804. The van der Waals surface area contributed by atoms with Crippen LogP contribution in [0.3, 0.4) is 0 Å². The third-order valence-electron chi connectivity index (χ3n) is 4.43. The molecule has 1 fully saturated rings. The summed E-state index contributed by atoms with van der Waals surface area (Å²) in [6.07, 6.45) is 5.06. The van der Waals surface area contributed by atoms with Crippen LogP contribution in [-0.4, -0.2) is 45.8 Å². The van der Waals surface area contributed by atoms with Gasteiger partial charge in [0.05, 0.1) is 16.3 Å². The van der Waals surface area contributed by atoms with Crippen LogP contribution in [0.5, 0.6) is 0 Å². The zero-order chi connectivity index (χ0) is 18.4. The molecule has 0 atom stereocenters. The number of nitrogens with zero attached hydrogens (tertiary/aromatic N) is 2. The van der Waals surface area contributed by atoms with Crippen LogP contribution in [0.2, 0.25) is 0 Å². The maximum Gasteiger partial charge on any atom is 0.243 e. The third kappa shape index (κ3) is 4.95. The van der Waals surface area contributed by atoms with Crippen molar-refractivity contribution in [2.75, 3.05) is 37.4 Å². The van der Waals surface area contributed by atoms with Gasteiger partial charge in [-0.3, -0.25) is 4.79 Å². The Hall–Kier alpha value is -1.60. The van der Waals surface area contributed by atoms with Crippen LogP contribution in [0.15, 0.2) is 23.1 Å². The summed E-state index contributed by atoms with van der Waals surface area (Å²) < 4.78 is 27.3. The molecule has 0 saturated carbocycles. The molecule has 1 amide bonds. The Morgan fingerprint density at radius 3 is 2.48 bits per heavy atom.